The third-order valence-electron chi connectivity index (χ3n) is 2.22. The van der Waals surface area contributed by atoms with Crippen LogP contribution in [0.5, 0.6) is 0 Å². The van der Waals surface area contributed by atoms with E-state index in [4.69, 9.17) is 33.7 Å². The van der Waals surface area contributed by atoms with Crippen molar-refractivity contribution in [2.75, 3.05) is 0 Å². The van der Waals surface area contributed by atoms with Crippen LogP contribution in [0.25, 0.3) is 0 Å². The van der Waals surface area contributed by atoms with Crippen molar-refractivity contribution in [2.24, 2.45) is 11.7 Å². The van der Waals surface area contributed by atoms with Gasteiger partial charge in [0, 0.05) is 5.92 Å². The third kappa shape index (κ3) is 1.91. The van der Waals surface area contributed by atoms with Crippen molar-refractivity contribution in [1.82, 2.24) is 0 Å². The highest BCUT2D eigenvalue weighted by Gasteiger charge is 2.70. The Morgan fingerprint density at radius 3 is 1.92 bits per heavy atom. The van der Waals surface area contributed by atoms with Crippen LogP contribution in [-0.2, 0) is 4.74 Å². The fourth-order valence-electron chi connectivity index (χ4n) is 1.36. The molecule has 1 heterocycles. The summed E-state index contributed by atoms with van der Waals surface area (Å²) in [7, 11) is 0. The van der Waals surface area contributed by atoms with Crippen molar-refractivity contribution < 1.29 is 4.74 Å². The quantitative estimate of drug-likeness (QED) is 0.441. The molecule has 0 aromatic heterocycles. The molecule has 1 atom stereocenters. The number of ether oxygens (including phenoxy) is 1. The second-order valence-corrected chi connectivity index (χ2v) is 4.42. The molecule has 0 aromatic rings. The monoisotopic (exact) mass is 221 g/mol. The van der Waals surface area contributed by atoms with Crippen LogP contribution in [0.3, 0.4) is 0 Å². The minimum absolute atomic E-state index is 0.0394. The maximum atomic E-state index is 5.86. The lowest BCUT2D eigenvalue weighted by atomic mass is 9.93. The minimum Gasteiger partial charge on any atom is -0.316 e. The molecule has 74 valence electrons. The van der Waals surface area contributed by atoms with Gasteiger partial charge in [-0.3, -0.25) is 5.73 Å². The van der Waals surface area contributed by atoms with Crippen molar-refractivity contribution in [3.63, 3.8) is 0 Å². The highest BCUT2D eigenvalue weighted by molar-refractivity contribution is 6.50. The molecule has 0 radical (unpaired) electrons. The van der Waals surface area contributed by atoms with Crippen LogP contribution in [0.1, 0.15) is 12.8 Å². The first kappa shape index (κ1) is 11.1. The number of halogens is 2. The van der Waals surface area contributed by atoms with Crippen LogP contribution in [-0.4, -0.2) is 10.2 Å². The lowest BCUT2D eigenvalue weighted by Crippen LogP contribution is -2.37. The van der Waals surface area contributed by atoms with Crippen molar-refractivity contribution in [3.8, 4) is 0 Å². The smallest absolute Gasteiger partial charge is 0.263 e. The Labute approximate surface area is 88.3 Å². The van der Waals surface area contributed by atoms with Crippen molar-refractivity contribution in [1.29, 1.82) is 0 Å². The summed E-state index contributed by atoms with van der Waals surface area (Å²) in [6, 6.07) is 0. The molecule has 0 aromatic carbocycles. The van der Waals surface area contributed by atoms with Gasteiger partial charge in [0.1, 0.15) is 0 Å². The van der Waals surface area contributed by atoms with E-state index in [0.29, 0.717) is 12.8 Å². The number of hydrogen-bond acceptors (Lipinski definition) is 2. The number of nitrogens with two attached hydrogens (primary N) is 1. The highest BCUT2D eigenvalue weighted by Crippen LogP contribution is 2.56. The first-order chi connectivity index (χ1) is 5.98. The third-order valence-corrected chi connectivity index (χ3v) is 2.96. The van der Waals surface area contributed by atoms with Crippen LogP contribution in [0.15, 0.2) is 25.3 Å². The first-order valence-corrected chi connectivity index (χ1v) is 4.82. The molecule has 0 saturated carbocycles. The molecular formula is C9H13Cl2NO. The summed E-state index contributed by atoms with van der Waals surface area (Å²) in [4.78, 5) is 0. The van der Waals surface area contributed by atoms with Gasteiger partial charge < -0.3 is 4.74 Å². The van der Waals surface area contributed by atoms with Gasteiger partial charge in [0.2, 0.25) is 0 Å². The fraction of sp³-hybridized carbons (Fsp3) is 0.556. The zero-order valence-corrected chi connectivity index (χ0v) is 8.81. The molecule has 0 amide bonds. The number of rotatable bonds is 5. The SMILES string of the molecule is C=CCC(CC=C)C1(N)OC1(Cl)Cl. The Kier molecular flexibility index (Phi) is 3.08. The van der Waals surface area contributed by atoms with E-state index in [-0.39, 0.29) is 5.92 Å². The average Bonchev–Trinajstić information content (AvgIpc) is 2.52. The van der Waals surface area contributed by atoms with Crippen LogP contribution < -0.4 is 5.73 Å². The van der Waals surface area contributed by atoms with Gasteiger partial charge in [0.25, 0.3) is 4.52 Å². The highest BCUT2D eigenvalue weighted by atomic mass is 35.5. The van der Waals surface area contributed by atoms with Gasteiger partial charge in [-0.05, 0) is 12.8 Å². The standard InChI is InChI=1S/C9H13Cl2NO/c1-3-5-7(6-4-2)8(12)9(10,11)13-8/h3-4,7H,1-2,5-6,12H2. The summed E-state index contributed by atoms with van der Waals surface area (Å²) >= 11 is 11.5. The van der Waals surface area contributed by atoms with Gasteiger partial charge in [-0.1, -0.05) is 35.4 Å². The van der Waals surface area contributed by atoms with E-state index in [0.717, 1.165) is 0 Å². The van der Waals surface area contributed by atoms with Gasteiger partial charge in [-0.25, -0.2) is 0 Å². The molecule has 1 rings (SSSR count). The van der Waals surface area contributed by atoms with E-state index in [1.165, 1.54) is 0 Å². The summed E-state index contributed by atoms with van der Waals surface area (Å²) < 4.78 is 3.83. The molecule has 0 spiro atoms. The average molecular weight is 222 g/mol. The molecule has 2 nitrogen and oxygen atoms in total. The number of allylic oxidation sites excluding steroid dienone is 2. The summed E-state index contributed by atoms with van der Waals surface area (Å²) in [5, 5.41) is 0. The molecule has 4 heteroatoms. The van der Waals surface area contributed by atoms with Crippen molar-refractivity contribution in [2.45, 2.75) is 23.1 Å². The first-order valence-electron chi connectivity index (χ1n) is 4.06. The molecule has 1 aliphatic heterocycles. The van der Waals surface area contributed by atoms with Crippen LogP contribution in [0.4, 0.5) is 0 Å². The van der Waals surface area contributed by atoms with Crippen molar-refractivity contribution >= 4 is 23.2 Å². The fourth-order valence-corrected chi connectivity index (χ4v) is 1.92. The molecule has 13 heavy (non-hydrogen) atoms. The van der Waals surface area contributed by atoms with Crippen molar-refractivity contribution in [3.05, 3.63) is 25.3 Å². The largest absolute Gasteiger partial charge is 0.316 e. The Morgan fingerprint density at radius 2 is 1.69 bits per heavy atom. The second-order valence-electron chi connectivity index (χ2n) is 3.16. The van der Waals surface area contributed by atoms with E-state index in [2.05, 4.69) is 13.2 Å². The molecule has 0 bridgehead atoms. The normalized spacial score (nSPS) is 30.2. The Bertz CT molecular complexity index is 220. The van der Waals surface area contributed by atoms with E-state index in [9.17, 15) is 0 Å². The van der Waals surface area contributed by atoms with E-state index in [1.54, 1.807) is 12.2 Å². The Balaban J connectivity index is 2.66. The van der Waals surface area contributed by atoms with E-state index < -0.39 is 10.2 Å². The van der Waals surface area contributed by atoms with E-state index in [1.807, 2.05) is 0 Å². The Hall–Kier alpha value is -0.0200. The number of alkyl halides is 2. The predicted octanol–water partition coefficient (Wildman–Crippen LogP) is 2.57. The number of epoxide rings is 1. The zero-order chi connectivity index (χ0) is 10.1. The summed E-state index contributed by atoms with van der Waals surface area (Å²) in [5.41, 5.74) is 4.91. The second kappa shape index (κ2) is 3.62. The molecular weight excluding hydrogens is 209 g/mol. The van der Waals surface area contributed by atoms with Gasteiger partial charge >= 0.3 is 0 Å². The Morgan fingerprint density at radius 1 is 1.31 bits per heavy atom. The van der Waals surface area contributed by atoms with Gasteiger partial charge in [-0.15, -0.1) is 13.2 Å². The minimum atomic E-state index is -1.25. The zero-order valence-electron chi connectivity index (χ0n) is 7.30. The van der Waals surface area contributed by atoms with Gasteiger partial charge in [0.05, 0.1) is 0 Å². The predicted molar refractivity (Wildman–Crippen MR) is 55.6 cm³/mol. The van der Waals surface area contributed by atoms with Crippen LogP contribution in [0, 0.1) is 5.92 Å². The molecule has 1 unspecified atom stereocenters. The van der Waals surface area contributed by atoms with E-state index >= 15 is 0 Å². The lowest BCUT2D eigenvalue weighted by Gasteiger charge is -2.17. The topological polar surface area (TPSA) is 38.5 Å². The van der Waals surface area contributed by atoms with Crippen LogP contribution >= 0.6 is 23.2 Å². The molecule has 1 aliphatic rings. The summed E-state index contributed by atoms with van der Waals surface area (Å²) in [6.45, 7) is 7.28. The maximum absolute atomic E-state index is 5.86. The summed E-state index contributed by atoms with van der Waals surface area (Å²) in [5.74, 6) is 0.0394. The van der Waals surface area contributed by atoms with Gasteiger partial charge in [-0.2, -0.15) is 0 Å². The van der Waals surface area contributed by atoms with Crippen LogP contribution in [0.2, 0.25) is 0 Å². The summed E-state index contributed by atoms with van der Waals surface area (Å²) in [6.07, 6.45) is 4.97. The molecule has 2 N–H and O–H groups in total. The van der Waals surface area contributed by atoms with Gasteiger partial charge in [0.15, 0.2) is 5.72 Å². The molecule has 1 fully saturated rings. The molecule has 1 saturated heterocycles. The lowest BCUT2D eigenvalue weighted by molar-refractivity contribution is 0.222. The molecule has 0 aliphatic carbocycles. The maximum Gasteiger partial charge on any atom is 0.263 e. The number of hydrogen-bond donors (Lipinski definition) is 1.